The van der Waals surface area contributed by atoms with Crippen molar-refractivity contribution in [3.8, 4) is 0 Å². The lowest BCUT2D eigenvalue weighted by Crippen LogP contribution is -2.63. The van der Waals surface area contributed by atoms with Gasteiger partial charge in [0.2, 0.25) is 0 Å². The normalized spacial score (nSPS) is 15.4. The monoisotopic (exact) mass is 616 g/mol. The number of halogens is 8. The lowest BCUT2D eigenvalue weighted by atomic mass is 10.3. The van der Waals surface area contributed by atoms with Crippen LogP contribution in [-0.4, -0.2) is 43.0 Å². The molecule has 3 rings (SSSR count). The first-order valence-electron chi connectivity index (χ1n) is 10.8. The maximum atomic E-state index is 16.2. The molecule has 40 heavy (non-hydrogen) atoms. The molecule has 2 N–H and O–H groups in total. The molecule has 1 unspecified atom stereocenters. The van der Waals surface area contributed by atoms with Crippen molar-refractivity contribution in [2.45, 2.75) is 38.4 Å². The van der Waals surface area contributed by atoms with Gasteiger partial charge in [0.15, 0.2) is 8.66 Å². The van der Waals surface area contributed by atoms with Crippen molar-refractivity contribution in [2.24, 2.45) is 0 Å². The van der Waals surface area contributed by atoms with Crippen LogP contribution in [0.1, 0.15) is 0 Å². The Hall–Kier alpha value is -3.27. The van der Waals surface area contributed by atoms with Crippen LogP contribution in [0, 0.1) is 0 Å². The van der Waals surface area contributed by atoms with Crippen LogP contribution in [0.15, 0.2) is 118 Å². The molecule has 3 aromatic rings. The Bertz CT molecular complexity index is 1340. The van der Waals surface area contributed by atoms with Gasteiger partial charge < -0.3 is 4.74 Å². The van der Waals surface area contributed by atoms with Crippen LogP contribution in [-0.2, 0) is 18.2 Å². The van der Waals surface area contributed by atoms with Gasteiger partial charge in [0.25, 0.3) is 6.10 Å². The van der Waals surface area contributed by atoms with E-state index in [1.807, 2.05) is 0 Å². The van der Waals surface area contributed by atoms with E-state index in [4.69, 9.17) is 0 Å². The highest BCUT2D eigenvalue weighted by molar-refractivity contribution is 8.97. The third kappa shape index (κ3) is 5.02. The summed E-state index contributed by atoms with van der Waals surface area (Å²) >= 11 is 0. The Morgan fingerprint density at radius 2 is 1.05 bits per heavy atom. The van der Waals surface area contributed by atoms with E-state index in [-0.39, 0.29) is 0 Å². The molecule has 218 valence electrons. The standard InChI is InChI=1S/C25H20F8O5S2/c1-17(23(26,27)28)21(34)38-22(24(29,30)31)25(32,33)40(35,36,37)39(18-11-5-2-6-12-18,19-13-7-3-8-14-19)20-15-9-4-10-16-20/h2-16,22H,1H2,(H2,35,36,37). The summed E-state index contributed by atoms with van der Waals surface area (Å²) in [5, 5.41) is -6.35. The summed E-state index contributed by atoms with van der Waals surface area (Å²) in [4.78, 5) is 10.3. The van der Waals surface area contributed by atoms with Gasteiger partial charge in [0.05, 0.1) is 0 Å². The molecule has 0 amide bonds. The van der Waals surface area contributed by atoms with Crippen molar-refractivity contribution in [1.82, 2.24) is 0 Å². The van der Waals surface area contributed by atoms with Crippen molar-refractivity contribution in [2.75, 3.05) is 0 Å². The summed E-state index contributed by atoms with van der Waals surface area (Å²) < 4.78 is 154. The summed E-state index contributed by atoms with van der Waals surface area (Å²) in [5.74, 6) is -2.99. The number of alkyl halides is 8. The zero-order valence-electron chi connectivity index (χ0n) is 19.9. The molecular weight excluding hydrogens is 596 g/mol. The number of hydrogen-bond acceptors (Lipinski definition) is 3. The number of ether oxygens (including phenoxy) is 1. The van der Waals surface area contributed by atoms with E-state index in [0.29, 0.717) is 0 Å². The fourth-order valence-electron chi connectivity index (χ4n) is 3.73. The fraction of sp³-hybridized carbons (Fsp3) is 0.160. The topological polar surface area (TPSA) is 83.8 Å². The van der Waals surface area contributed by atoms with E-state index in [9.17, 15) is 44.5 Å². The summed E-state index contributed by atoms with van der Waals surface area (Å²) in [6.45, 7) is 2.21. The first-order valence-corrected chi connectivity index (χ1v) is 14.9. The van der Waals surface area contributed by atoms with Crippen LogP contribution in [0.3, 0.4) is 0 Å². The summed E-state index contributed by atoms with van der Waals surface area (Å²) in [7, 11) is -13.0. The SMILES string of the molecule is C=C(C(=O)OC(C(F)(F)F)C(F)(F)S(=O)(O)(O)S(c1ccccc1)(c1ccccc1)c1ccccc1)C(F)(F)F. The zero-order chi connectivity index (χ0) is 30.2. The first-order chi connectivity index (χ1) is 18.3. The van der Waals surface area contributed by atoms with E-state index in [1.165, 1.54) is 54.6 Å². The molecule has 0 aliphatic heterocycles. The van der Waals surface area contributed by atoms with Gasteiger partial charge in [-0.05, 0) is 36.4 Å². The Labute approximate surface area is 223 Å². The molecule has 0 heterocycles. The molecule has 0 aliphatic carbocycles. The molecule has 0 radical (unpaired) electrons. The fourth-order valence-corrected chi connectivity index (χ4v) is 13.5. The molecule has 0 aromatic heterocycles. The number of carbonyl (C=O) groups is 1. The van der Waals surface area contributed by atoms with Crippen molar-refractivity contribution in [1.29, 1.82) is 0 Å². The quantitative estimate of drug-likeness (QED) is 0.117. The van der Waals surface area contributed by atoms with E-state index in [0.717, 1.165) is 36.4 Å². The van der Waals surface area contributed by atoms with Gasteiger partial charge in [0.1, 0.15) is 5.57 Å². The van der Waals surface area contributed by atoms with Gasteiger partial charge in [-0.15, -0.1) is 0 Å². The molecule has 5 nitrogen and oxygen atoms in total. The first kappa shape index (κ1) is 31.3. The van der Waals surface area contributed by atoms with Crippen molar-refractivity contribution >= 4 is 23.7 Å². The van der Waals surface area contributed by atoms with E-state index >= 15 is 8.78 Å². The average Bonchev–Trinajstić information content (AvgIpc) is 2.87. The highest BCUT2D eigenvalue weighted by Gasteiger charge is 2.78. The van der Waals surface area contributed by atoms with Crippen LogP contribution >= 0.6 is 9.06 Å². The number of rotatable bonds is 8. The summed E-state index contributed by atoms with van der Waals surface area (Å²) in [6.07, 6.45) is -17.1. The number of esters is 1. The smallest absolute Gasteiger partial charge is 0.432 e. The molecule has 0 aliphatic rings. The van der Waals surface area contributed by atoms with Crippen molar-refractivity contribution < 1.29 is 58.0 Å². The highest BCUT2D eigenvalue weighted by Crippen LogP contribution is 2.83. The van der Waals surface area contributed by atoms with Crippen molar-refractivity contribution in [3.05, 3.63) is 103 Å². The van der Waals surface area contributed by atoms with Crippen LogP contribution < -0.4 is 0 Å². The van der Waals surface area contributed by atoms with E-state index < -0.39 is 67.7 Å². The van der Waals surface area contributed by atoms with E-state index in [2.05, 4.69) is 11.3 Å². The zero-order valence-corrected chi connectivity index (χ0v) is 21.5. The van der Waals surface area contributed by atoms with Crippen LogP contribution in [0.25, 0.3) is 0 Å². The second kappa shape index (κ2) is 10.3. The maximum Gasteiger partial charge on any atom is 0.432 e. The van der Waals surface area contributed by atoms with Gasteiger partial charge in [-0.25, -0.2) is 9.00 Å². The second-order valence-electron chi connectivity index (χ2n) is 8.16. The Balaban J connectivity index is 2.47. The minimum atomic E-state index is -8.23. The van der Waals surface area contributed by atoms with Crippen LogP contribution in [0.2, 0.25) is 0 Å². The average molecular weight is 617 g/mol. The van der Waals surface area contributed by atoms with Gasteiger partial charge >= 0.3 is 23.6 Å². The van der Waals surface area contributed by atoms with E-state index in [1.54, 1.807) is 0 Å². The molecule has 3 aromatic carbocycles. The highest BCUT2D eigenvalue weighted by atomic mass is 33.2. The van der Waals surface area contributed by atoms with Gasteiger partial charge in [-0.1, -0.05) is 70.2 Å². The largest absolute Gasteiger partial charge is 0.441 e. The second-order valence-corrected chi connectivity index (χ2v) is 16.1. The third-order valence-corrected chi connectivity index (χ3v) is 15.5. The lowest BCUT2D eigenvalue weighted by molar-refractivity contribution is -0.260. The predicted molar refractivity (Wildman–Crippen MR) is 131 cm³/mol. The molecule has 0 bridgehead atoms. The van der Waals surface area contributed by atoms with Crippen LogP contribution in [0.5, 0.6) is 0 Å². The third-order valence-electron chi connectivity index (χ3n) is 5.56. The Kier molecular flexibility index (Phi) is 8.04. The summed E-state index contributed by atoms with van der Waals surface area (Å²) in [6, 6.07) is 17.4. The molecule has 1 atom stereocenters. The summed E-state index contributed by atoms with van der Waals surface area (Å²) in [5.41, 5.74) is -2.59. The number of benzene rings is 3. The molecule has 0 saturated heterocycles. The Morgan fingerprint density at radius 1 is 0.725 bits per heavy atom. The molecule has 15 heteroatoms. The number of carbonyl (C=O) groups excluding carboxylic acids is 1. The van der Waals surface area contributed by atoms with Gasteiger partial charge in [-0.3, -0.25) is 9.11 Å². The molecule has 0 saturated carbocycles. The van der Waals surface area contributed by atoms with Gasteiger partial charge in [-0.2, -0.15) is 35.1 Å². The minimum Gasteiger partial charge on any atom is -0.441 e. The Morgan fingerprint density at radius 3 is 1.32 bits per heavy atom. The minimum absolute atomic E-state index is 0.513. The molecular formula is C25H20F8O5S2. The maximum absolute atomic E-state index is 16.2. The predicted octanol–water partition coefficient (Wildman–Crippen LogP) is 7.83. The van der Waals surface area contributed by atoms with Crippen molar-refractivity contribution in [3.63, 3.8) is 0 Å². The lowest BCUT2D eigenvalue weighted by Gasteiger charge is -2.57. The van der Waals surface area contributed by atoms with Gasteiger partial charge in [0, 0.05) is 14.7 Å². The number of hydrogen-bond donors (Lipinski definition) is 2. The molecule has 0 spiro atoms. The molecule has 0 fully saturated rings. The van der Waals surface area contributed by atoms with Crippen LogP contribution in [0.4, 0.5) is 35.1 Å².